The Hall–Kier alpha value is -2.11. The molecule has 0 aliphatic carbocycles. The second-order valence-electron chi connectivity index (χ2n) is 5.71. The van der Waals surface area contributed by atoms with E-state index in [0.29, 0.717) is 25.2 Å². The van der Waals surface area contributed by atoms with Gasteiger partial charge in [0.05, 0.1) is 0 Å². The molecule has 1 atom stereocenters. The standard InChI is InChI=1S/C18H23N3O2.ClH/c1-13(11-19)12-21-17(22)8-9-20-18(23)16-7-6-14-4-2-3-5-15(14)10-16;/h2-7,10,13H,8-9,11-12,19H2,1H3,(H,20,23)(H,21,22);1H. The number of carbonyl (C=O) groups excluding carboxylic acids is 2. The number of hydrogen-bond acceptors (Lipinski definition) is 3. The largest absolute Gasteiger partial charge is 0.356 e. The van der Waals surface area contributed by atoms with Crippen molar-refractivity contribution in [1.82, 2.24) is 10.6 Å². The average Bonchev–Trinajstić information content (AvgIpc) is 2.59. The van der Waals surface area contributed by atoms with E-state index in [9.17, 15) is 9.59 Å². The Morgan fingerprint density at radius 1 is 1.08 bits per heavy atom. The van der Waals surface area contributed by atoms with Crippen molar-refractivity contribution in [3.05, 3.63) is 48.0 Å². The first-order chi connectivity index (χ1) is 11.1. The smallest absolute Gasteiger partial charge is 0.251 e. The van der Waals surface area contributed by atoms with E-state index in [-0.39, 0.29) is 36.6 Å². The Bertz CT molecular complexity index is 691. The number of nitrogens with one attached hydrogen (secondary N) is 2. The first-order valence-corrected chi connectivity index (χ1v) is 7.84. The summed E-state index contributed by atoms with van der Waals surface area (Å²) in [6.45, 7) is 3.39. The molecule has 0 saturated heterocycles. The summed E-state index contributed by atoms with van der Waals surface area (Å²) >= 11 is 0. The zero-order valence-corrected chi connectivity index (χ0v) is 14.6. The van der Waals surface area contributed by atoms with E-state index in [1.54, 1.807) is 6.07 Å². The first-order valence-electron chi connectivity index (χ1n) is 7.84. The molecule has 2 amide bonds. The van der Waals surface area contributed by atoms with Crippen LogP contribution in [0.2, 0.25) is 0 Å². The van der Waals surface area contributed by atoms with Crippen LogP contribution >= 0.6 is 12.4 Å². The van der Waals surface area contributed by atoms with E-state index in [1.807, 2.05) is 43.3 Å². The summed E-state index contributed by atoms with van der Waals surface area (Å²) < 4.78 is 0. The second kappa shape index (κ2) is 9.90. The summed E-state index contributed by atoms with van der Waals surface area (Å²) in [7, 11) is 0. The topological polar surface area (TPSA) is 84.2 Å². The van der Waals surface area contributed by atoms with Crippen LogP contribution in [0.25, 0.3) is 10.8 Å². The zero-order valence-electron chi connectivity index (χ0n) is 13.7. The molecular weight excluding hydrogens is 326 g/mol. The predicted molar refractivity (Wildman–Crippen MR) is 99.4 cm³/mol. The third kappa shape index (κ3) is 5.83. The lowest BCUT2D eigenvalue weighted by Gasteiger charge is -2.10. The van der Waals surface area contributed by atoms with E-state index >= 15 is 0 Å². The van der Waals surface area contributed by atoms with Crippen LogP contribution in [0.4, 0.5) is 0 Å². The van der Waals surface area contributed by atoms with Crippen molar-refractivity contribution in [3.63, 3.8) is 0 Å². The molecule has 6 heteroatoms. The lowest BCUT2D eigenvalue weighted by molar-refractivity contribution is -0.121. The molecule has 0 radical (unpaired) electrons. The molecule has 0 aromatic heterocycles. The minimum absolute atomic E-state index is 0. The molecule has 24 heavy (non-hydrogen) atoms. The van der Waals surface area contributed by atoms with Crippen LogP contribution in [0.3, 0.4) is 0 Å². The summed E-state index contributed by atoms with van der Waals surface area (Å²) in [5, 5.41) is 7.69. The third-order valence-corrected chi connectivity index (χ3v) is 3.70. The molecular formula is C18H24ClN3O2. The number of hydrogen-bond donors (Lipinski definition) is 3. The zero-order chi connectivity index (χ0) is 16.7. The van der Waals surface area contributed by atoms with Gasteiger partial charge < -0.3 is 16.4 Å². The Morgan fingerprint density at radius 2 is 1.79 bits per heavy atom. The Labute approximate surface area is 148 Å². The van der Waals surface area contributed by atoms with Gasteiger partial charge in [-0.2, -0.15) is 0 Å². The highest BCUT2D eigenvalue weighted by Gasteiger charge is 2.08. The van der Waals surface area contributed by atoms with E-state index in [4.69, 9.17) is 5.73 Å². The summed E-state index contributed by atoms with van der Waals surface area (Å²) in [6, 6.07) is 13.4. The van der Waals surface area contributed by atoms with Crippen LogP contribution in [0.15, 0.2) is 42.5 Å². The summed E-state index contributed by atoms with van der Waals surface area (Å²) in [5.41, 5.74) is 6.09. The van der Waals surface area contributed by atoms with E-state index in [0.717, 1.165) is 10.8 Å². The number of rotatable bonds is 7. The SMILES string of the molecule is CC(CN)CNC(=O)CCNC(=O)c1ccc2ccccc2c1.Cl. The van der Waals surface area contributed by atoms with Crippen molar-refractivity contribution in [3.8, 4) is 0 Å². The van der Waals surface area contributed by atoms with Gasteiger partial charge >= 0.3 is 0 Å². The maximum absolute atomic E-state index is 12.1. The molecule has 0 aliphatic rings. The second-order valence-corrected chi connectivity index (χ2v) is 5.71. The molecule has 5 nitrogen and oxygen atoms in total. The minimum atomic E-state index is -0.168. The molecule has 4 N–H and O–H groups in total. The number of fused-ring (bicyclic) bond motifs is 1. The van der Waals surface area contributed by atoms with Gasteiger partial charge in [-0.1, -0.05) is 37.3 Å². The van der Waals surface area contributed by atoms with Gasteiger partial charge in [0.25, 0.3) is 5.91 Å². The Kier molecular flexibility index (Phi) is 8.22. The molecule has 0 saturated carbocycles. The average molecular weight is 350 g/mol. The molecule has 2 aromatic rings. The minimum Gasteiger partial charge on any atom is -0.356 e. The van der Waals surface area contributed by atoms with Crippen molar-refractivity contribution < 1.29 is 9.59 Å². The fourth-order valence-corrected chi connectivity index (χ4v) is 2.18. The van der Waals surface area contributed by atoms with Gasteiger partial charge in [-0.3, -0.25) is 9.59 Å². The van der Waals surface area contributed by atoms with Crippen molar-refractivity contribution in [2.75, 3.05) is 19.6 Å². The number of amides is 2. The third-order valence-electron chi connectivity index (χ3n) is 3.70. The van der Waals surface area contributed by atoms with Gasteiger partial charge in [0, 0.05) is 25.1 Å². The van der Waals surface area contributed by atoms with E-state index in [1.165, 1.54) is 0 Å². The quantitative estimate of drug-likeness (QED) is 0.715. The van der Waals surface area contributed by atoms with Gasteiger partial charge in [0.15, 0.2) is 0 Å². The van der Waals surface area contributed by atoms with Crippen LogP contribution in [-0.2, 0) is 4.79 Å². The maximum Gasteiger partial charge on any atom is 0.251 e. The van der Waals surface area contributed by atoms with Gasteiger partial charge in [-0.25, -0.2) is 0 Å². The summed E-state index contributed by atoms with van der Waals surface area (Å²) in [5.74, 6) is 0.00846. The van der Waals surface area contributed by atoms with Crippen LogP contribution in [-0.4, -0.2) is 31.4 Å². The van der Waals surface area contributed by atoms with E-state index < -0.39 is 0 Å². The van der Waals surface area contributed by atoms with Crippen LogP contribution in [0.5, 0.6) is 0 Å². The monoisotopic (exact) mass is 349 g/mol. The van der Waals surface area contributed by atoms with Crippen LogP contribution in [0.1, 0.15) is 23.7 Å². The fraction of sp³-hybridized carbons (Fsp3) is 0.333. The van der Waals surface area contributed by atoms with Gasteiger partial charge in [-0.05, 0) is 35.4 Å². The van der Waals surface area contributed by atoms with Gasteiger partial charge in [0.1, 0.15) is 0 Å². The predicted octanol–water partition coefficient (Wildman–Crippen LogP) is 2.09. The molecule has 2 rings (SSSR count). The van der Waals surface area contributed by atoms with Crippen LogP contribution < -0.4 is 16.4 Å². The lowest BCUT2D eigenvalue weighted by Crippen LogP contribution is -2.34. The van der Waals surface area contributed by atoms with Gasteiger partial charge in [-0.15, -0.1) is 12.4 Å². The normalized spacial score (nSPS) is 11.4. The number of carbonyl (C=O) groups is 2. The van der Waals surface area contributed by atoms with E-state index in [2.05, 4.69) is 10.6 Å². The molecule has 0 heterocycles. The number of halogens is 1. The number of benzene rings is 2. The number of nitrogens with two attached hydrogens (primary N) is 1. The fourth-order valence-electron chi connectivity index (χ4n) is 2.18. The highest BCUT2D eigenvalue weighted by molar-refractivity contribution is 5.98. The molecule has 2 aromatic carbocycles. The molecule has 0 spiro atoms. The van der Waals surface area contributed by atoms with Crippen molar-refractivity contribution in [2.24, 2.45) is 11.7 Å². The highest BCUT2D eigenvalue weighted by atomic mass is 35.5. The Balaban J connectivity index is 0.00000288. The highest BCUT2D eigenvalue weighted by Crippen LogP contribution is 2.15. The van der Waals surface area contributed by atoms with Crippen LogP contribution in [0, 0.1) is 5.92 Å². The lowest BCUT2D eigenvalue weighted by atomic mass is 10.1. The maximum atomic E-state index is 12.1. The van der Waals surface area contributed by atoms with Crippen molar-refractivity contribution >= 4 is 35.0 Å². The first kappa shape index (κ1) is 19.9. The van der Waals surface area contributed by atoms with Gasteiger partial charge in [0.2, 0.25) is 5.91 Å². The molecule has 0 aliphatic heterocycles. The molecule has 130 valence electrons. The molecule has 0 fully saturated rings. The summed E-state index contributed by atoms with van der Waals surface area (Å²) in [4.78, 5) is 23.8. The van der Waals surface area contributed by atoms with Crippen molar-refractivity contribution in [2.45, 2.75) is 13.3 Å². The Morgan fingerprint density at radius 3 is 2.50 bits per heavy atom. The summed E-state index contributed by atoms with van der Waals surface area (Å²) in [6.07, 6.45) is 0.261. The molecule has 0 bridgehead atoms. The van der Waals surface area contributed by atoms with Crippen molar-refractivity contribution in [1.29, 1.82) is 0 Å². The molecule has 1 unspecified atom stereocenters.